The Kier molecular flexibility index (Phi) is 4.23. The summed E-state index contributed by atoms with van der Waals surface area (Å²) < 4.78 is 1.07. The zero-order valence-corrected chi connectivity index (χ0v) is 9.56. The van der Waals surface area contributed by atoms with Crippen molar-refractivity contribution in [1.29, 1.82) is 5.26 Å². The fourth-order valence-electron chi connectivity index (χ4n) is 1.16. The van der Waals surface area contributed by atoms with Crippen molar-refractivity contribution in [2.45, 2.75) is 19.8 Å². The van der Waals surface area contributed by atoms with Crippen LogP contribution in [0.2, 0.25) is 0 Å². The summed E-state index contributed by atoms with van der Waals surface area (Å²) in [6.07, 6.45) is 1.25. The van der Waals surface area contributed by atoms with Crippen LogP contribution < -0.4 is 0 Å². The molecule has 2 heteroatoms. The normalized spacial score (nSPS) is 8.64. The Morgan fingerprint density at radius 3 is 2.86 bits per heavy atom. The van der Waals surface area contributed by atoms with E-state index in [0.717, 1.165) is 16.5 Å². The summed E-state index contributed by atoms with van der Waals surface area (Å²) in [5.74, 6) is 5.82. The zero-order valence-electron chi connectivity index (χ0n) is 7.97. The van der Waals surface area contributed by atoms with Crippen molar-refractivity contribution in [3.05, 3.63) is 33.8 Å². The van der Waals surface area contributed by atoms with Gasteiger partial charge in [0.15, 0.2) is 0 Å². The molecule has 0 aromatic heterocycles. The first kappa shape index (κ1) is 10.8. The van der Waals surface area contributed by atoms with Gasteiger partial charge in [-0.15, -0.1) is 0 Å². The maximum absolute atomic E-state index is 8.35. The minimum atomic E-state index is 0.291. The van der Waals surface area contributed by atoms with Gasteiger partial charge in [-0.25, -0.2) is 0 Å². The summed E-state index contributed by atoms with van der Waals surface area (Å²) in [6, 6.07) is 8.02. The summed E-state index contributed by atoms with van der Waals surface area (Å²) in [7, 11) is 0. The van der Waals surface area contributed by atoms with Crippen molar-refractivity contribution in [3.63, 3.8) is 0 Å². The minimum absolute atomic E-state index is 0.291. The summed E-state index contributed by atoms with van der Waals surface area (Å²) in [4.78, 5) is 0. The highest BCUT2D eigenvalue weighted by atomic mass is 79.9. The van der Waals surface area contributed by atoms with E-state index in [0.29, 0.717) is 6.42 Å². The Morgan fingerprint density at radius 1 is 1.43 bits per heavy atom. The molecule has 0 spiro atoms. The molecule has 1 aromatic carbocycles. The Labute approximate surface area is 92.9 Å². The van der Waals surface area contributed by atoms with Crippen molar-refractivity contribution in [1.82, 2.24) is 0 Å². The van der Waals surface area contributed by atoms with Crippen molar-refractivity contribution < 1.29 is 0 Å². The highest BCUT2D eigenvalue weighted by molar-refractivity contribution is 9.10. The molecule has 14 heavy (non-hydrogen) atoms. The lowest BCUT2D eigenvalue weighted by atomic mass is 10.1. The zero-order chi connectivity index (χ0) is 10.4. The number of hydrogen-bond donors (Lipinski definition) is 0. The number of halogens is 1. The van der Waals surface area contributed by atoms with Gasteiger partial charge in [0.2, 0.25) is 0 Å². The van der Waals surface area contributed by atoms with Crippen molar-refractivity contribution in [3.8, 4) is 17.9 Å². The standard InChI is InChI=1S/C12H10BrN/c1-2-10-9-12(13)7-6-11(10)5-3-4-8-14/h6-7,9H,2,4H2,1H3. The second-order valence-corrected chi connectivity index (χ2v) is 3.71. The van der Waals surface area contributed by atoms with Crippen LogP contribution in [0.3, 0.4) is 0 Å². The van der Waals surface area contributed by atoms with E-state index in [9.17, 15) is 0 Å². The first-order valence-electron chi connectivity index (χ1n) is 4.42. The molecule has 70 valence electrons. The molecule has 0 bridgehead atoms. The molecular formula is C12H10BrN. The third kappa shape index (κ3) is 2.91. The fourth-order valence-corrected chi connectivity index (χ4v) is 1.56. The molecule has 0 N–H and O–H groups in total. The largest absolute Gasteiger partial charge is 0.197 e. The van der Waals surface area contributed by atoms with Crippen molar-refractivity contribution in [2.24, 2.45) is 0 Å². The second kappa shape index (κ2) is 5.47. The van der Waals surface area contributed by atoms with Crippen LogP contribution in [0.25, 0.3) is 0 Å². The van der Waals surface area contributed by atoms with Gasteiger partial charge in [-0.1, -0.05) is 34.7 Å². The van der Waals surface area contributed by atoms with Crippen LogP contribution in [0, 0.1) is 23.2 Å². The third-order valence-corrected chi connectivity index (χ3v) is 2.33. The van der Waals surface area contributed by atoms with Gasteiger partial charge in [-0.2, -0.15) is 5.26 Å². The minimum Gasteiger partial charge on any atom is -0.197 e. The van der Waals surface area contributed by atoms with Crippen LogP contribution in [0.1, 0.15) is 24.5 Å². The first-order chi connectivity index (χ1) is 6.77. The molecule has 0 saturated heterocycles. The Morgan fingerprint density at radius 2 is 2.21 bits per heavy atom. The summed E-state index contributed by atoms with van der Waals surface area (Å²) >= 11 is 3.42. The average Bonchev–Trinajstić information content (AvgIpc) is 2.20. The monoisotopic (exact) mass is 247 g/mol. The number of hydrogen-bond acceptors (Lipinski definition) is 1. The van der Waals surface area contributed by atoms with Gasteiger partial charge in [0.1, 0.15) is 0 Å². The molecule has 0 unspecified atom stereocenters. The van der Waals surface area contributed by atoms with Gasteiger partial charge < -0.3 is 0 Å². The number of rotatable bonds is 1. The number of benzene rings is 1. The highest BCUT2D eigenvalue weighted by Crippen LogP contribution is 2.16. The van der Waals surface area contributed by atoms with Gasteiger partial charge in [0, 0.05) is 10.0 Å². The van der Waals surface area contributed by atoms with Gasteiger partial charge in [0.05, 0.1) is 12.5 Å². The maximum Gasteiger partial charge on any atom is 0.0966 e. The Bertz CT molecular complexity index is 418. The quantitative estimate of drug-likeness (QED) is 0.699. The van der Waals surface area contributed by atoms with E-state index in [1.165, 1.54) is 5.56 Å². The molecule has 0 fully saturated rings. The third-order valence-electron chi connectivity index (χ3n) is 1.84. The molecule has 0 heterocycles. The molecular weight excluding hydrogens is 238 g/mol. The van der Waals surface area contributed by atoms with Gasteiger partial charge in [-0.3, -0.25) is 0 Å². The molecule has 1 nitrogen and oxygen atoms in total. The molecule has 0 radical (unpaired) electrons. The van der Waals surface area contributed by atoms with Crippen molar-refractivity contribution in [2.75, 3.05) is 0 Å². The molecule has 0 atom stereocenters. The van der Waals surface area contributed by atoms with Crippen LogP contribution in [0.15, 0.2) is 22.7 Å². The number of nitrogens with zero attached hydrogens (tertiary/aromatic N) is 1. The topological polar surface area (TPSA) is 23.8 Å². The predicted octanol–water partition coefficient (Wildman–Crippen LogP) is 3.28. The van der Waals surface area contributed by atoms with Gasteiger partial charge in [0.25, 0.3) is 0 Å². The first-order valence-corrected chi connectivity index (χ1v) is 5.21. The lowest BCUT2D eigenvalue weighted by molar-refractivity contribution is 1.13. The lowest BCUT2D eigenvalue weighted by Crippen LogP contribution is -1.86. The van der Waals surface area contributed by atoms with E-state index in [2.05, 4.69) is 40.8 Å². The fraction of sp³-hybridized carbons (Fsp3) is 0.250. The predicted molar refractivity (Wildman–Crippen MR) is 60.6 cm³/mol. The molecule has 1 rings (SSSR count). The number of nitriles is 1. The summed E-state index contributed by atoms with van der Waals surface area (Å²) in [5.41, 5.74) is 2.23. The van der Waals surface area contributed by atoms with Gasteiger partial charge >= 0.3 is 0 Å². The van der Waals surface area contributed by atoms with Crippen molar-refractivity contribution >= 4 is 15.9 Å². The lowest BCUT2D eigenvalue weighted by Gasteiger charge is -2.01. The van der Waals surface area contributed by atoms with E-state index in [1.807, 2.05) is 18.2 Å². The summed E-state index contributed by atoms with van der Waals surface area (Å²) in [5, 5.41) is 8.35. The van der Waals surface area contributed by atoms with E-state index in [1.54, 1.807) is 0 Å². The van der Waals surface area contributed by atoms with Crippen LogP contribution >= 0.6 is 15.9 Å². The SMILES string of the molecule is CCc1cc(Br)ccc1C#CCC#N. The van der Waals surface area contributed by atoms with E-state index in [4.69, 9.17) is 5.26 Å². The second-order valence-electron chi connectivity index (χ2n) is 2.79. The summed E-state index contributed by atoms with van der Waals surface area (Å²) in [6.45, 7) is 2.09. The van der Waals surface area contributed by atoms with E-state index < -0.39 is 0 Å². The van der Waals surface area contributed by atoms with Crippen LogP contribution in [0.5, 0.6) is 0 Å². The molecule has 0 saturated carbocycles. The Hall–Kier alpha value is -1.25. The highest BCUT2D eigenvalue weighted by Gasteiger charge is 1.97. The average molecular weight is 248 g/mol. The van der Waals surface area contributed by atoms with Crippen LogP contribution in [-0.4, -0.2) is 0 Å². The number of aryl methyl sites for hydroxylation is 1. The molecule has 0 amide bonds. The van der Waals surface area contributed by atoms with Crippen LogP contribution in [-0.2, 0) is 6.42 Å². The molecule has 0 aliphatic rings. The maximum atomic E-state index is 8.35. The van der Waals surface area contributed by atoms with E-state index >= 15 is 0 Å². The Balaban J connectivity index is 2.99. The molecule has 0 aliphatic heterocycles. The van der Waals surface area contributed by atoms with Crippen LogP contribution in [0.4, 0.5) is 0 Å². The molecule has 0 aliphatic carbocycles. The molecule has 1 aromatic rings. The van der Waals surface area contributed by atoms with Gasteiger partial charge in [-0.05, 0) is 30.2 Å². The van der Waals surface area contributed by atoms with E-state index in [-0.39, 0.29) is 0 Å². The smallest absolute Gasteiger partial charge is 0.0966 e.